The maximum absolute atomic E-state index is 5.48. The molecule has 7 heteroatoms. The zero-order chi connectivity index (χ0) is 16.8. The molecule has 6 nitrogen and oxygen atoms in total. The molecular weight excluding hydrogens is 322 g/mol. The van der Waals surface area contributed by atoms with E-state index < -0.39 is 0 Å². The molecule has 1 saturated heterocycles. The van der Waals surface area contributed by atoms with Gasteiger partial charge in [-0.05, 0) is 19.9 Å². The predicted octanol–water partition coefficient (Wildman–Crippen LogP) is 2.14. The summed E-state index contributed by atoms with van der Waals surface area (Å²) in [6.45, 7) is 11.1. The van der Waals surface area contributed by atoms with Crippen molar-refractivity contribution in [1.29, 1.82) is 0 Å². The third-order valence-electron chi connectivity index (χ3n) is 4.27. The van der Waals surface area contributed by atoms with E-state index in [1.165, 1.54) is 0 Å². The van der Waals surface area contributed by atoms with Gasteiger partial charge in [0, 0.05) is 63.1 Å². The molecule has 1 fully saturated rings. The van der Waals surface area contributed by atoms with E-state index in [1.807, 2.05) is 13.0 Å². The molecule has 1 atom stereocenters. The van der Waals surface area contributed by atoms with E-state index in [0.29, 0.717) is 11.9 Å². The maximum Gasteiger partial charge on any atom is 0.188 e. The Kier molecular flexibility index (Phi) is 6.25. The predicted molar refractivity (Wildman–Crippen MR) is 95.9 cm³/mol. The van der Waals surface area contributed by atoms with Gasteiger partial charge in [-0.1, -0.05) is 0 Å². The standard InChI is InChI=1S/C17H25N5OS/c1-3-23-10-9-22-8-7-21(11-14(22)2)12-15-13-24-17(20-15)16-18-5-4-6-19-16/h4-6,13-14H,3,7-12H2,1-2H3. The largest absolute Gasteiger partial charge is 0.380 e. The van der Waals surface area contributed by atoms with E-state index in [-0.39, 0.29) is 0 Å². The van der Waals surface area contributed by atoms with Crippen molar-refractivity contribution in [3.8, 4) is 10.8 Å². The second kappa shape index (κ2) is 8.62. The van der Waals surface area contributed by atoms with Crippen LogP contribution in [0, 0.1) is 0 Å². The highest BCUT2D eigenvalue weighted by atomic mass is 32.1. The van der Waals surface area contributed by atoms with Crippen molar-refractivity contribution in [1.82, 2.24) is 24.8 Å². The van der Waals surface area contributed by atoms with Gasteiger partial charge in [0.25, 0.3) is 0 Å². The number of ether oxygens (including phenoxy) is 1. The van der Waals surface area contributed by atoms with E-state index in [4.69, 9.17) is 9.72 Å². The highest BCUT2D eigenvalue weighted by Gasteiger charge is 2.23. The van der Waals surface area contributed by atoms with Gasteiger partial charge < -0.3 is 4.74 Å². The number of hydrogen-bond donors (Lipinski definition) is 0. The molecule has 1 aliphatic rings. The van der Waals surface area contributed by atoms with Gasteiger partial charge in [-0.15, -0.1) is 11.3 Å². The van der Waals surface area contributed by atoms with Crippen LogP contribution < -0.4 is 0 Å². The molecule has 1 aliphatic heterocycles. The number of rotatable bonds is 7. The van der Waals surface area contributed by atoms with Gasteiger partial charge >= 0.3 is 0 Å². The third kappa shape index (κ3) is 4.57. The van der Waals surface area contributed by atoms with Crippen molar-refractivity contribution in [2.75, 3.05) is 39.4 Å². The van der Waals surface area contributed by atoms with Gasteiger partial charge in [-0.25, -0.2) is 15.0 Å². The van der Waals surface area contributed by atoms with Crippen LogP contribution in [-0.4, -0.2) is 70.2 Å². The molecule has 0 aromatic carbocycles. The lowest BCUT2D eigenvalue weighted by atomic mass is 10.2. The van der Waals surface area contributed by atoms with Crippen LogP contribution >= 0.6 is 11.3 Å². The van der Waals surface area contributed by atoms with Crippen molar-refractivity contribution >= 4 is 11.3 Å². The zero-order valence-corrected chi connectivity index (χ0v) is 15.2. The first-order valence-corrected chi connectivity index (χ1v) is 9.40. The number of nitrogens with zero attached hydrogens (tertiary/aromatic N) is 5. The molecule has 2 aromatic rings. The van der Waals surface area contributed by atoms with Crippen LogP contribution in [0.25, 0.3) is 10.8 Å². The molecule has 0 aliphatic carbocycles. The van der Waals surface area contributed by atoms with Gasteiger partial charge in [-0.2, -0.15) is 0 Å². The normalized spacial score (nSPS) is 19.7. The first-order chi connectivity index (χ1) is 11.8. The van der Waals surface area contributed by atoms with Crippen molar-refractivity contribution in [2.45, 2.75) is 26.4 Å². The maximum atomic E-state index is 5.48. The third-order valence-corrected chi connectivity index (χ3v) is 5.16. The van der Waals surface area contributed by atoms with Crippen LogP contribution in [0.15, 0.2) is 23.8 Å². The molecule has 24 heavy (non-hydrogen) atoms. The fourth-order valence-corrected chi connectivity index (χ4v) is 3.75. The highest BCUT2D eigenvalue weighted by Crippen LogP contribution is 2.21. The first-order valence-electron chi connectivity index (χ1n) is 8.52. The van der Waals surface area contributed by atoms with E-state index >= 15 is 0 Å². The molecule has 0 amide bonds. The molecule has 0 saturated carbocycles. The summed E-state index contributed by atoms with van der Waals surface area (Å²) in [5.41, 5.74) is 1.11. The minimum absolute atomic E-state index is 0.551. The van der Waals surface area contributed by atoms with Gasteiger partial charge in [-0.3, -0.25) is 9.80 Å². The minimum Gasteiger partial charge on any atom is -0.380 e. The molecule has 0 radical (unpaired) electrons. The van der Waals surface area contributed by atoms with Crippen LogP contribution in [-0.2, 0) is 11.3 Å². The summed E-state index contributed by atoms with van der Waals surface area (Å²) < 4.78 is 5.48. The van der Waals surface area contributed by atoms with Crippen LogP contribution in [0.1, 0.15) is 19.5 Å². The molecule has 3 rings (SSSR count). The number of thiazole rings is 1. The number of piperazine rings is 1. The molecule has 130 valence electrons. The summed E-state index contributed by atoms with van der Waals surface area (Å²) in [5.74, 6) is 0.711. The van der Waals surface area contributed by atoms with Crippen molar-refractivity contribution in [2.24, 2.45) is 0 Å². The summed E-state index contributed by atoms with van der Waals surface area (Å²) in [7, 11) is 0. The number of hydrogen-bond acceptors (Lipinski definition) is 7. The average molecular weight is 347 g/mol. The lowest BCUT2D eigenvalue weighted by Crippen LogP contribution is -2.52. The fraction of sp³-hybridized carbons (Fsp3) is 0.588. The van der Waals surface area contributed by atoms with Crippen LogP contribution in [0.5, 0.6) is 0 Å². The van der Waals surface area contributed by atoms with Gasteiger partial charge in [0.05, 0.1) is 12.3 Å². The Morgan fingerprint density at radius 1 is 1.29 bits per heavy atom. The summed E-state index contributed by atoms with van der Waals surface area (Å²) in [5, 5.41) is 3.02. The second-order valence-electron chi connectivity index (χ2n) is 6.03. The molecule has 0 spiro atoms. The second-order valence-corrected chi connectivity index (χ2v) is 6.89. The van der Waals surface area contributed by atoms with Crippen LogP contribution in [0.2, 0.25) is 0 Å². The minimum atomic E-state index is 0.551. The summed E-state index contributed by atoms with van der Waals surface area (Å²) in [6, 6.07) is 2.37. The van der Waals surface area contributed by atoms with Gasteiger partial charge in [0.1, 0.15) is 0 Å². The molecule has 1 unspecified atom stereocenters. The highest BCUT2D eigenvalue weighted by molar-refractivity contribution is 7.13. The van der Waals surface area contributed by atoms with E-state index in [2.05, 4.69) is 32.1 Å². The van der Waals surface area contributed by atoms with Gasteiger partial charge in [0.2, 0.25) is 0 Å². The van der Waals surface area contributed by atoms with Crippen LogP contribution in [0.4, 0.5) is 0 Å². The molecule has 3 heterocycles. The Morgan fingerprint density at radius 3 is 2.88 bits per heavy atom. The van der Waals surface area contributed by atoms with E-state index in [1.54, 1.807) is 23.7 Å². The lowest BCUT2D eigenvalue weighted by Gasteiger charge is -2.39. The number of aromatic nitrogens is 3. The summed E-state index contributed by atoms with van der Waals surface area (Å²) in [4.78, 5) is 18.2. The monoisotopic (exact) mass is 347 g/mol. The fourth-order valence-electron chi connectivity index (χ4n) is 2.99. The lowest BCUT2D eigenvalue weighted by molar-refractivity contribution is 0.0463. The van der Waals surface area contributed by atoms with E-state index in [9.17, 15) is 0 Å². The van der Waals surface area contributed by atoms with Crippen molar-refractivity contribution in [3.63, 3.8) is 0 Å². The summed E-state index contributed by atoms with van der Waals surface area (Å²) >= 11 is 1.62. The Balaban J connectivity index is 1.52. The van der Waals surface area contributed by atoms with Crippen molar-refractivity contribution in [3.05, 3.63) is 29.5 Å². The van der Waals surface area contributed by atoms with Gasteiger partial charge in [0.15, 0.2) is 10.8 Å². The summed E-state index contributed by atoms with van der Waals surface area (Å²) in [6.07, 6.45) is 3.51. The molecule has 2 aromatic heterocycles. The molecule has 0 N–H and O–H groups in total. The average Bonchev–Trinajstić information content (AvgIpc) is 3.06. The topological polar surface area (TPSA) is 54.4 Å². The van der Waals surface area contributed by atoms with Crippen LogP contribution in [0.3, 0.4) is 0 Å². The Hall–Kier alpha value is -1.41. The van der Waals surface area contributed by atoms with E-state index in [0.717, 1.165) is 56.6 Å². The Bertz CT molecular complexity index is 620. The Morgan fingerprint density at radius 2 is 2.12 bits per heavy atom. The smallest absolute Gasteiger partial charge is 0.188 e. The zero-order valence-electron chi connectivity index (χ0n) is 14.4. The SMILES string of the molecule is CCOCCN1CCN(Cc2csc(-c3ncccn3)n2)CC1C. The van der Waals surface area contributed by atoms with Crippen molar-refractivity contribution < 1.29 is 4.74 Å². The Labute approximate surface area is 147 Å². The first kappa shape index (κ1) is 17.4. The molecule has 0 bridgehead atoms. The quantitative estimate of drug-likeness (QED) is 0.715. The molecular formula is C17H25N5OS.